The Labute approximate surface area is 140 Å². The Morgan fingerprint density at radius 1 is 0.958 bits per heavy atom. The highest BCUT2D eigenvalue weighted by atomic mass is 16.1. The van der Waals surface area contributed by atoms with Crippen LogP contribution in [0.3, 0.4) is 0 Å². The van der Waals surface area contributed by atoms with Crippen molar-refractivity contribution in [3.8, 4) is 0 Å². The predicted molar refractivity (Wildman–Crippen MR) is 93.1 cm³/mol. The summed E-state index contributed by atoms with van der Waals surface area (Å²) in [6.07, 6.45) is 3.19. The zero-order valence-electron chi connectivity index (χ0n) is 13.3. The molecule has 4 heteroatoms. The number of ketones is 2. The van der Waals surface area contributed by atoms with Crippen LogP contribution in [0.25, 0.3) is 0 Å². The Kier molecular flexibility index (Phi) is 4.57. The molecule has 1 unspecified atom stereocenters. The summed E-state index contributed by atoms with van der Waals surface area (Å²) < 4.78 is 0. The fourth-order valence-corrected chi connectivity index (χ4v) is 2.65. The number of rotatable bonds is 4. The van der Waals surface area contributed by atoms with Gasteiger partial charge in [-0.15, -0.1) is 0 Å². The van der Waals surface area contributed by atoms with Crippen molar-refractivity contribution in [3.05, 3.63) is 95.5 Å². The lowest BCUT2D eigenvalue weighted by Crippen LogP contribution is -2.36. The van der Waals surface area contributed by atoms with E-state index < -0.39 is 0 Å². The maximum absolute atomic E-state index is 12.6. The molecule has 4 nitrogen and oxygen atoms in total. The zero-order chi connectivity index (χ0) is 16.9. The molecule has 0 radical (unpaired) electrons. The number of Topliss-reactive ketones (excluding diaryl/α,β-unsaturated/α-hetero) is 1. The van der Waals surface area contributed by atoms with Crippen molar-refractivity contribution < 1.29 is 9.59 Å². The third-order valence-corrected chi connectivity index (χ3v) is 3.76. The van der Waals surface area contributed by atoms with Gasteiger partial charge in [-0.3, -0.25) is 9.59 Å². The Morgan fingerprint density at radius 2 is 1.58 bits per heavy atom. The van der Waals surface area contributed by atoms with Crippen molar-refractivity contribution in [3.63, 3.8) is 0 Å². The minimum Gasteiger partial charge on any atom is -0.377 e. The maximum Gasteiger partial charge on any atom is 0.210 e. The summed E-state index contributed by atoms with van der Waals surface area (Å²) in [6, 6.07) is 18.6. The van der Waals surface area contributed by atoms with E-state index in [1.165, 1.54) is 13.0 Å². The minimum atomic E-state index is -0.192. The van der Waals surface area contributed by atoms with Crippen LogP contribution in [0.5, 0.6) is 0 Å². The SMILES string of the molecule is CC(=O)/C=C1\NC(C(=O)c2ccccc2)=CNC1c1ccccc1. The molecule has 0 fully saturated rings. The van der Waals surface area contributed by atoms with Crippen molar-refractivity contribution in [1.82, 2.24) is 10.6 Å². The molecule has 120 valence electrons. The topological polar surface area (TPSA) is 58.2 Å². The van der Waals surface area contributed by atoms with Gasteiger partial charge >= 0.3 is 0 Å². The van der Waals surface area contributed by atoms with Crippen LogP contribution in [0.15, 0.2) is 84.3 Å². The molecule has 0 amide bonds. The van der Waals surface area contributed by atoms with Crippen molar-refractivity contribution in [1.29, 1.82) is 0 Å². The molecule has 2 N–H and O–H groups in total. The summed E-state index contributed by atoms with van der Waals surface area (Å²) in [6.45, 7) is 1.49. The quantitative estimate of drug-likeness (QED) is 0.672. The molecule has 0 aromatic heterocycles. The van der Waals surface area contributed by atoms with E-state index in [4.69, 9.17) is 0 Å². The van der Waals surface area contributed by atoms with E-state index >= 15 is 0 Å². The van der Waals surface area contributed by atoms with Crippen LogP contribution < -0.4 is 10.6 Å². The van der Waals surface area contributed by atoms with E-state index in [0.717, 1.165) is 5.56 Å². The van der Waals surface area contributed by atoms with Crippen molar-refractivity contribution >= 4 is 11.6 Å². The van der Waals surface area contributed by atoms with Crippen molar-refractivity contribution in [2.24, 2.45) is 0 Å². The van der Waals surface area contributed by atoms with Crippen LogP contribution in [0.2, 0.25) is 0 Å². The average molecular weight is 318 g/mol. The van der Waals surface area contributed by atoms with Gasteiger partial charge in [0.05, 0.1) is 6.04 Å². The lowest BCUT2D eigenvalue weighted by molar-refractivity contribution is -0.112. The summed E-state index contributed by atoms with van der Waals surface area (Å²) in [4.78, 5) is 24.2. The molecule has 1 aliphatic rings. The molecule has 3 rings (SSSR count). The first-order chi connectivity index (χ1) is 11.6. The molecule has 2 aromatic rings. The van der Waals surface area contributed by atoms with Gasteiger partial charge in [0.2, 0.25) is 5.78 Å². The van der Waals surface area contributed by atoms with Crippen molar-refractivity contribution in [2.75, 3.05) is 0 Å². The number of hydrogen-bond donors (Lipinski definition) is 2. The lowest BCUT2D eigenvalue weighted by Gasteiger charge is -2.28. The van der Waals surface area contributed by atoms with Crippen LogP contribution in [-0.4, -0.2) is 11.6 Å². The number of carbonyl (C=O) groups excluding carboxylic acids is 2. The van der Waals surface area contributed by atoms with Crippen LogP contribution in [0, 0.1) is 0 Å². The van der Waals surface area contributed by atoms with Gasteiger partial charge in [0.1, 0.15) is 5.70 Å². The van der Waals surface area contributed by atoms with Gasteiger partial charge in [0, 0.05) is 23.5 Å². The second-order valence-corrected chi connectivity index (χ2v) is 5.60. The van der Waals surface area contributed by atoms with Gasteiger partial charge < -0.3 is 10.6 Å². The minimum absolute atomic E-state index is 0.0753. The highest BCUT2D eigenvalue weighted by Crippen LogP contribution is 2.24. The van der Waals surface area contributed by atoms with Gasteiger partial charge in [-0.25, -0.2) is 0 Å². The second-order valence-electron chi connectivity index (χ2n) is 5.60. The summed E-state index contributed by atoms with van der Waals surface area (Å²) in [5.74, 6) is -0.197. The monoisotopic (exact) mass is 318 g/mol. The largest absolute Gasteiger partial charge is 0.377 e. The third kappa shape index (κ3) is 3.43. The van der Waals surface area contributed by atoms with Gasteiger partial charge in [-0.05, 0) is 12.5 Å². The predicted octanol–water partition coefficient (Wildman–Crippen LogP) is 3.12. The number of nitrogens with one attached hydrogen (secondary N) is 2. The fraction of sp³-hybridized carbons (Fsp3) is 0.100. The van der Waals surface area contributed by atoms with E-state index in [1.807, 2.05) is 48.5 Å². The van der Waals surface area contributed by atoms with E-state index in [9.17, 15) is 9.59 Å². The Hall–Kier alpha value is -3.14. The number of benzene rings is 2. The van der Waals surface area contributed by atoms with Crippen LogP contribution >= 0.6 is 0 Å². The standard InChI is InChI=1S/C20H18N2O2/c1-14(23)12-17-19(15-8-4-2-5-9-15)21-13-18(22-17)20(24)16-10-6-3-7-11-16/h2-13,19,21-22H,1H3/b17-12-. The molecule has 0 aliphatic carbocycles. The molecule has 24 heavy (non-hydrogen) atoms. The summed E-state index contributed by atoms with van der Waals surface area (Å²) in [7, 11) is 0. The first-order valence-corrected chi connectivity index (χ1v) is 7.75. The zero-order valence-corrected chi connectivity index (χ0v) is 13.3. The van der Waals surface area contributed by atoms with Gasteiger partial charge in [0.25, 0.3) is 0 Å². The molecule has 0 bridgehead atoms. The van der Waals surface area contributed by atoms with Crippen LogP contribution in [-0.2, 0) is 4.79 Å². The molecular weight excluding hydrogens is 300 g/mol. The number of carbonyl (C=O) groups is 2. The van der Waals surface area contributed by atoms with E-state index in [1.54, 1.807) is 18.3 Å². The fourth-order valence-electron chi connectivity index (χ4n) is 2.65. The lowest BCUT2D eigenvalue weighted by atomic mass is 9.99. The third-order valence-electron chi connectivity index (χ3n) is 3.76. The second kappa shape index (κ2) is 6.96. The number of allylic oxidation sites excluding steroid dienone is 2. The molecule has 1 heterocycles. The van der Waals surface area contributed by atoms with E-state index in [-0.39, 0.29) is 17.6 Å². The van der Waals surface area contributed by atoms with Crippen LogP contribution in [0.4, 0.5) is 0 Å². The average Bonchev–Trinajstić information content (AvgIpc) is 2.62. The number of hydrogen-bond acceptors (Lipinski definition) is 4. The highest BCUT2D eigenvalue weighted by Gasteiger charge is 2.24. The van der Waals surface area contributed by atoms with Crippen molar-refractivity contribution in [2.45, 2.75) is 13.0 Å². The van der Waals surface area contributed by atoms with Gasteiger partial charge in [-0.2, -0.15) is 0 Å². The molecule has 0 spiro atoms. The molecule has 0 saturated carbocycles. The Bertz CT molecular complexity index is 808. The Morgan fingerprint density at radius 3 is 2.21 bits per heavy atom. The smallest absolute Gasteiger partial charge is 0.210 e. The Balaban J connectivity index is 1.92. The van der Waals surface area contributed by atoms with E-state index in [2.05, 4.69) is 10.6 Å². The van der Waals surface area contributed by atoms with E-state index in [0.29, 0.717) is 17.0 Å². The maximum atomic E-state index is 12.6. The van der Waals surface area contributed by atoms with Gasteiger partial charge in [0.15, 0.2) is 5.78 Å². The summed E-state index contributed by atoms with van der Waals surface area (Å²) in [5.41, 5.74) is 2.69. The molecule has 1 atom stereocenters. The molecule has 1 aliphatic heterocycles. The molecular formula is C20H18N2O2. The highest BCUT2D eigenvalue weighted by molar-refractivity contribution is 6.08. The first kappa shape index (κ1) is 15.7. The normalized spacial score (nSPS) is 18.3. The summed E-state index contributed by atoms with van der Waals surface area (Å²) in [5, 5.41) is 6.35. The van der Waals surface area contributed by atoms with Gasteiger partial charge in [-0.1, -0.05) is 60.7 Å². The summed E-state index contributed by atoms with van der Waals surface area (Å²) >= 11 is 0. The first-order valence-electron chi connectivity index (χ1n) is 7.75. The molecule has 0 saturated heterocycles. The van der Waals surface area contributed by atoms with Crippen LogP contribution in [0.1, 0.15) is 28.9 Å². The molecule has 2 aromatic carbocycles.